The largest absolute Gasteiger partial charge is 0.376 e. The van der Waals surface area contributed by atoms with Crippen molar-refractivity contribution in [3.05, 3.63) is 0 Å². The van der Waals surface area contributed by atoms with Crippen molar-refractivity contribution in [3.63, 3.8) is 0 Å². The summed E-state index contributed by atoms with van der Waals surface area (Å²) in [5.41, 5.74) is 0. The third-order valence-electron chi connectivity index (χ3n) is 2.20. The van der Waals surface area contributed by atoms with Crippen molar-refractivity contribution >= 4 is 0 Å². The molecule has 0 aromatic carbocycles. The van der Waals surface area contributed by atoms with E-state index in [0.717, 1.165) is 45.5 Å². The van der Waals surface area contributed by atoms with E-state index in [1.165, 1.54) is 0 Å². The van der Waals surface area contributed by atoms with E-state index in [2.05, 4.69) is 6.07 Å². The molecule has 0 amide bonds. The second kappa shape index (κ2) is 6.88. The summed E-state index contributed by atoms with van der Waals surface area (Å²) in [6, 6.07) is 2.15. The fourth-order valence-electron chi connectivity index (χ4n) is 1.46. The second-order valence-corrected chi connectivity index (χ2v) is 3.33. The SMILES string of the molecule is N#CCCCCCC1COCCO1. The summed E-state index contributed by atoms with van der Waals surface area (Å²) in [7, 11) is 0. The first kappa shape index (κ1) is 10.5. The van der Waals surface area contributed by atoms with Crippen molar-refractivity contribution in [2.75, 3.05) is 19.8 Å². The summed E-state index contributed by atoms with van der Waals surface area (Å²) in [6.45, 7) is 2.23. The molecule has 0 N–H and O–H groups in total. The number of unbranched alkanes of at least 4 members (excludes halogenated alkanes) is 3. The first-order valence-corrected chi connectivity index (χ1v) is 5.00. The Morgan fingerprint density at radius 2 is 2.15 bits per heavy atom. The molecule has 1 unspecified atom stereocenters. The van der Waals surface area contributed by atoms with Gasteiger partial charge in [0.25, 0.3) is 0 Å². The van der Waals surface area contributed by atoms with E-state index < -0.39 is 0 Å². The van der Waals surface area contributed by atoms with Crippen LogP contribution in [-0.4, -0.2) is 25.9 Å². The predicted molar refractivity (Wildman–Crippen MR) is 49.3 cm³/mol. The molecule has 0 saturated carbocycles. The molecule has 1 atom stereocenters. The van der Waals surface area contributed by atoms with Gasteiger partial charge < -0.3 is 9.47 Å². The number of nitriles is 1. The van der Waals surface area contributed by atoms with E-state index >= 15 is 0 Å². The summed E-state index contributed by atoms with van der Waals surface area (Å²) in [5, 5.41) is 8.32. The van der Waals surface area contributed by atoms with Crippen molar-refractivity contribution in [1.82, 2.24) is 0 Å². The van der Waals surface area contributed by atoms with Crippen LogP contribution in [0.5, 0.6) is 0 Å². The smallest absolute Gasteiger partial charge is 0.0809 e. The van der Waals surface area contributed by atoms with Gasteiger partial charge in [-0.15, -0.1) is 0 Å². The molecule has 0 aliphatic carbocycles. The van der Waals surface area contributed by atoms with Gasteiger partial charge in [-0.2, -0.15) is 5.26 Å². The van der Waals surface area contributed by atoms with E-state index in [-0.39, 0.29) is 0 Å². The van der Waals surface area contributed by atoms with Gasteiger partial charge in [-0.25, -0.2) is 0 Å². The highest BCUT2D eigenvalue weighted by atomic mass is 16.6. The number of rotatable bonds is 5. The van der Waals surface area contributed by atoms with Crippen molar-refractivity contribution in [3.8, 4) is 6.07 Å². The maximum atomic E-state index is 8.32. The molecule has 1 rings (SSSR count). The summed E-state index contributed by atoms with van der Waals surface area (Å²) >= 11 is 0. The third kappa shape index (κ3) is 4.87. The van der Waals surface area contributed by atoms with E-state index in [1.807, 2.05) is 0 Å². The van der Waals surface area contributed by atoms with E-state index in [0.29, 0.717) is 12.5 Å². The zero-order chi connectivity index (χ0) is 9.36. The number of hydrogen-bond donors (Lipinski definition) is 0. The minimum Gasteiger partial charge on any atom is -0.376 e. The summed E-state index contributed by atoms with van der Waals surface area (Å²) in [5.74, 6) is 0. The Bertz CT molecular complexity index is 159. The van der Waals surface area contributed by atoms with E-state index in [1.54, 1.807) is 0 Å². The molecule has 1 aliphatic heterocycles. The van der Waals surface area contributed by atoms with Gasteiger partial charge in [0, 0.05) is 6.42 Å². The molecule has 13 heavy (non-hydrogen) atoms. The Kier molecular flexibility index (Phi) is 5.55. The number of hydrogen-bond acceptors (Lipinski definition) is 3. The highest BCUT2D eigenvalue weighted by Gasteiger charge is 2.12. The molecule has 0 aromatic heterocycles. The molecule has 1 heterocycles. The van der Waals surface area contributed by atoms with Crippen LogP contribution in [-0.2, 0) is 9.47 Å². The van der Waals surface area contributed by atoms with Crippen LogP contribution in [0.3, 0.4) is 0 Å². The van der Waals surface area contributed by atoms with Gasteiger partial charge in [-0.05, 0) is 12.8 Å². The van der Waals surface area contributed by atoms with Crippen LogP contribution >= 0.6 is 0 Å². The van der Waals surface area contributed by atoms with Crippen LogP contribution < -0.4 is 0 Å². The molecule has 0 aromatic rings. The summed E-state index contributed by atoms with van der Waals surface area (Å²) in [6.07, 6.45) is 5.36. The first-order chi connectivity index (χ1) is 6.43. The zero-order valence-corrected chi connectivity index (χ0v) is 8.00. The first-order valence-electron chi connectivity index (χ1n) is 5.00. The average molecular weight is 183 g/mol. The van der Waals surface area contributed by atoms with Crippen LogP contribution in [0.15, 0.2) is 0 Å². The molecular formula is C10H17NO2. The lowest BCUT2D eigenvalue weighted by molar-refractivity contribution is -0.0912. The van der Waals surface area contributed by atoms with Gasteiger partial charge >= 0.3 is 0 Å². The fraction of sp³-hybridized carbons (Fsp3) is 0.900. The summed E-state index contributed by atoms with van der Waals surface area (Å²) in [4.78, 5) is 0. The van der Waals surface area contributed by atoms with E-state index in [9.17, 15) is 0 Å². The van der Waals surface area contributed by atoms with Crippen molar-refractivity contribution in [2.24, 2.45) is 0 Å². The molecule has 0 radical (unpaired) electrons. The predicted octanol–water partition coefficient (Wildman–Crippen LogP) is 1.88. The van der Waals surface area contributed by atoms with Crippen LogP contribution in [0.2, 0.25) is 0 Å². The molecule has 1 aliphatic rings. The van der Waals surface area contributed by atoms with Gasteiger partial charge in [-0.1, -0.05) is 12.8 Å². The lowest BCUT2D eigenvalue weighted by atomic mass is 10.1. The Labute approximate surface area is 79.6 Å². The van der Waals surface area contributed by atoms with E-state index in [4.69, 9.17) is 14.7 Å². The number of ether oxygens (including phenoxy) is 2. The topological polar surface area (TPSA) is 42.2 Å². The Balaban J connectivity index is 1.90. The standard InChI is InChI=1S/C10H17NO2/c11-6-4-2-1-3-5-10-9-12-7-8-13-10/h10H,1-5,7-9H2. The van der Waals surface area contributed by atoms with Crippen molar-refractivity contribution < 1.29 is 9.47 Å². The minimum atomic E-state index is 0.302. The van der Waals surface area contributed by atoms with Gasteiger partial charge in [0.15, 0.2) is 0 Å². The molecular weight excluding hydrogens is 166 g/mol. The lowest BCUT2D eigenvalue weighted by Gasteiger charge is -2.22. The van der Waals surface area contributed by atoms with Crippen LogP contribution in [0, 0.1) is 11.3 Å². The quantitative estimate of drug-likeness (QED) is 0.611. The van der Waals surface area contributed by atoms with Crippen molar-refractivity contribution in [1.29, 1.82) is 5.26 Å². The Morgan fingerprint density at radius 3 is 2.85 bits per heavy atom. The molecule has 3 nitrogen and oxygen atoms in total. The van der Waals surface area contributed by atoms with Gasteiger partial charge in [0.1, 0.15) is 0 Å². The van der Waals surface area contributed by atoms with Crippen LogP contribution in [0.4, 0.5) is 0 Å². The Morgan fingerprint density at radius 1 is 1.23 bits per heavy atom. The second-order valence-electron chi connectivity index (χ2n) is 3.33. The van der Waals surface area contributed by atoms with Gasteiger partial charge in [-0.3, -0.25) is 0 Å². The molecule has 0 spiro atoms. The fourth-order valence-corrected chi connectivity index (χ4v) is 1.46. The monoisotopic (exact) mass is 183 g/mol. The molecule has 1 fully saturated rings. The Hall–Kier alpha value is -0.590. The minimum absolute atomic E-state index is 0.302. The lowest BCUT2D eigenvalue weighted by Crippen LogP contribution is -2.28. The average Bonchev–Trinajstić information content (AvgIpc) is 2.19. The third-order valence-corrected chi connectivity index (χ3v) is 2.20. The molecule has 74 valence electrons. The van der Waals surface area contributed by atoms with Crippen LogP contribution in [0.25, 0.3) is 0 Å². The number of nitrogens with zero attached hydrogens (tertiary/aromatic N) is 1. The maximum Gasteiger partial charge on any atom is 0.0809 e. The van der Waals surface area contributed by atoms with Crippen molar-refractivity contribution in [2.45, 2.75) is 38.2 Å². The zero-order valence-electron chi connectivity index (χ0n) is 8.00. The van der Waals surface area contributed by atoms with Gasteiger partial charge in [0.05, 0.1) is 32.0 Å². The summed E-state index contributed by atoms with van der Waals surface area (Å²) < 4.78 is 10.8. The molecule has 1 saturated heterocycles. The maximum absolute atomic E-state index is 8.32. The normalized spacial score (nSPS) is 22.5. The van der Waals surface area contributed by atoms with Crippen LogP contribution in [0.1, 0.15) is 32.1 Å². The molecule has 3 heteroatoms. The highest BCUT2D eigenvalue weighted by Crippen LogP contribution is 2.10. The van der Waals surface area contributed by atoms with Gasteiger partial charge in [0.2, 0.25) is 0 Å². The molecule has 0 bridgehead atoms. The highest BCUT2D eigenvalue weighted by molar-refractivity contribution is 4.68.